The number of pyridine rings is 1. The number of benzene rings is 1. The molecular formula is C27H28ClFN6O5. The number of anilines is 2. The summed E-state index contributed by atoms with van der Waals surface area (Å²) in [5.41, 5.74) is 2.19. The molecule has 1 fully saturated rings. The van der Waals surface area contributed by atoms with E-state index in [2.05, 4.69) is 30.3 Å². The predicted octanol–water partition coefficient (Wildman–Crippen LogP) is 5.83. The molecule has 2 aromatic heterocycles. The van der Waals surface area contributed by atoms with Crippen molar-refractivity contribution in [2.24, 2.45) is 5.92 Å². The van der Waals surface area contributed by atoms with Crippen LogP contribution in [0.1, 0.15) is 56.3 Å². The van der Waals surface area contributed by atoms with Crippen molar-refractivity contribution < 1.29 is 28.2 Å². The van der Waals surface area contributed by atoms with Crippen LogP contribution in [-0.4, -0.2) is 51.6 Å². The number of H-pyrrole nitrogens is 1. The lowest BCUT2D eigenvalue weighted by atomic mass is 9.98. The van der Waals surface area contributed by atoms with Crippen LogP contribution in [0.3, 0.4) is 0 Å². The molecule has 13 heteroatoms. The number of hydrogen-bond acceptors (Lipinski definition) is 7. The third kappa shape index (κ3) is 5.57. The summed E-state index contributed by atoms with van der Waals surface area (Å²) in [6.07, 6.45) is 2.94. The second-order valence-electron chi connectivity index (χ2n) is 9.74. The minimum Gasteiger partial charge on any atom is -0.453 e. The molecule has 5 rings (SSSR count). The van der Waals surface area contributed by atoms with Gasteiger partial charge in [0.1, 0.15) is 11.5 Å². The van der Waals surface area contributed by atoms with Gasteiger partial charge in [-0.05, 0) is 37.1 Å². The molecule has 40 heavy (non-hydrogen) atoms. The van der Waals surface area contributed by atoms with Crippen molar-refractivity contribution in [3.8, 4) is 11.3 Å². The summed E-state index contributed by atoms with van der Waals surface area (Å²) >= 11 is 5.90. The van der Waals surface area contributed by atoms with Crippen LogP contribution in [0.15, 0.2) is 36.7 Å². The number of imidazole rings is 1. The average Bonchev–Trinajstić information content (AvgIpc) is 3.42. The van der Waals surface area contributed by atoms with Gasteiger partial charge in [0, 0.05) is 36.3 Å². The number of amides is 3. The number of methoxy groups -OCH3 is 1. The van der Waals surface area contributed by atoms with E-state index in [0.717, 1.165) is 0 Å². The molecule has 3 atom stereocenters. The standard InChI is InChI=1S/C27H28ClFN6O5/c1-14-4-3-5-20(35-11-9-21(40-27(35)38)23-22(29)17(28)8-10-30-23)24-31-13-19(33-24)16-7-6-15(32-26(37)39-2)12-18(16)34-25(14)36/h6-8,10,12-14,20-21H,3-5,9,11H2,1-2H3,(H,31,33)(H,32,37)(H,34,36)/t14-,20+,21-/m1/s1. The second kappa shape index (κ2) is 11.5. The molecule has 210 valence electrons. The zero-order chi connectivity index (χ0) is 28.4. The largest absolute Gasteiger partial charge is 0.453 e. The smallest absolute Gasteiger partial charge is 0.411 e. The fraction of sp³-hybridized carbons (Fsp3) is 0.370. The van der Waals surface area contributed by atoms with Gasteiger partial charge in [-0.25, -0.2) is 19.0 Å². The van der Waals surface area contributed by atoms with Crippen LogP contribution in [0.4, 0.5) is 25.4 Å². The summed E-state index contributed by atoms with van der Waals surface area (Å²) in [6.45, 7) is 2.12. The van der Waals surface area contributed by atoms with Crippen LogP contribution in [0.5, 0.6) is 0 Å². The number of nitrogens with zero attached hydrogens (tertiary/aromatic N) is 3. The molecule has 3 N–H and O–H groups in total. The molecule has 0 saturated carbocycles. The van der Waals surface area contributed by atoms with Gasteiger partial charge in [0.15, 0.2) is 11.9 Å². The number of fused-ring (bicyclic) bond motifs is 4. The highest BCUT2D eigenvalue weighted by atomic mass is 35.5. The Balaban J connectivity index is 1.44. The van der Waals surface area contributed by atoms with Crippen molar-refractivity contribution in [1.82, 2.24) is 19.9 Å². The average molecular weight is 571 g/mol. The number of cyclic esters (lactones) is 1. The van der Waals surface area contributed by atoms with E-state index in [0.29, 0.717) is 54.1 Å². The van der Waals surface area contributed by atoms with E-state index in [1.54, 1.807) is 29.3 Å². The van der Waals surface area contributed by atoms with E-state index >= 15 is 0 Å². The molecule has 3 amide bonds. The number of carbonyl (C=O) groups is 3. The maximum absolute atomic E-state index is 14.5. The predicted molar refractivity (Wildman–Crippen MR) is 144 cm³/mol. The topological polar surface area (TPSA) is 139 Å². The Labute approximate surface area is 234 Å². The maximum atomic E-state index is 14.5. The highest BCUT2D eigenvalue weighted by Gasteiger charge is 2.37. The molecule has 1 saturated heterocycles. The Morgan fingerprint density at radius 1 is 1.23 bits per heavy atom. The Bertz CT molecular complexity index is 1450. The lowest BCUT2D eigenvalue weighted by Gasteiger charge is -2.36. The summed E-state index contributed by atoms with van der Waals surface area (Å²) in [7, 11) is 1.26. The van der Waals surface area contributed by atoms with Gasteiger partial charge in [0.2, 0.25) is 5.91 Å². The molecule has 0 aliphatic carbocycles. The van der Waals surface area contributed by atoms with E-state index in [4.69, 9.17) is 16.3 Å². The van der Waals surface area contributed by atoms with Gasteiger partial charge < -0.3 is 19.8 Å². The molecule has 0 unspecified atom stereocenters. The highest BCUT2D eigenvalue weighted by molar-refractivity contribution is 6.30. The number of rotatable bonds is 3. The summed E-state index contributed by atoms with van der Waals surface area (Å²) in [5, 5.41) is 5.47. The number of hydrogen-bond donors (Lipinski definition) is 3. The fourth-order valence-corrected chi connectivity index (χ4v) is 5.10. The van der Waals surface area contributed by atoms with Crippen molar-refractivity contribution in [3.05, 3.63) is 59.0 Å². The Morgan fingerprint density at radius 2 is 2.05 bits per heavy atom. The molecule has 2 aliphatic heterocycles. The van der Waals surface area contributed by atoms with E-state index in [9.17, 15) is 18.8 Å². The highest BCUT2D eigenvalue weighted by Crippen LogP contribution is 2.37. The minimum atomic E-state index is -0.857. The molecular weight excluding hydrogens is 543 g/mol. The Morgan fingerprint density at radius 3 is 2.83 bits per heavy atom. The van der Waals surface area contributed by atoms with Gasteiger partial charge in [-0.2, -0.15) is 0 Å². The van der Waals surface area contributed by atoms with Crippen molar-refractivity contribution in [1.29, 1.82) is 0 Å². The van der Waals surface area contributed by atoms with Crippen LogP contribution in [0.2, 0.25) is 5.02 Å². The van der Waals surface area contributed by atoms with Crippen molar-refractivity contribution >= 4 is 41.1 Å². The number of ether oxygens (including phenoxy) is 2. The zero-order valence-corrected chi connectivity index (χ0v) is 22.6. The number of carbonyl (C=O) groups excluding carboxylic acids is 3. The summed E-state index contributed by atoms with van der Waals surface area (Å²) in [6, 6.07) is 5.95. The number of halogens is 2. The fourth-order valence-electron chi connectivity index (χ4n) is 4.95. The lowest BCUT2D eigenvalue weighted by molar-refractivity contribution is -0.119. The van der Waals surface area contributed by atoms with Gasteiger partial charge in [0.05, 0.1) is 35.8 Å². The monoisotopic (exact) mass is 570 g/mol. The first-order chi connectivity index (χ1) is 19.2. The summed E-state index contributed by atoms with van der Waals surface area (Å²) in [4.78, 5) is 51.4. The van der Waals surface area contributed by atoms with Crippen LogP contribution in [-0.2, 0) is 14.3 Å². The van der Waals surface area contributed by atoms with E-state index in [1.165, 1.54) is 19.4 Å². The van der Waals surface area contributed by atoms with Gasteiger partial charge >= 0.3 is 12.2 Å². The SMILES string of the molecule is COC(=O)Nc1ccc2c(c1)NC(=O)[C@H](C)CCC[C@H](N1CC[C@H](c3nccc(Cl)c3F)OC1=O)c1ncc-2[nH]1. The van der Waals surface area contributed by atoms with Gasteiger partial charge in [-0.1, -0.05) is 24.9 Å². The first-order valence-electron chi connectivity index (χ1n) is 12.9. The van der Waals surface area contributed by atoms with E-state index < -0.39 is 30.1 Å². The number of aromatic nitrogens is 3. The normalized spacial score (nSPS) is 21.3. The second-order valence-corrected chi connectivity index (χ2v) is 10.1. The van der Waals surface area contributed by atoms with Crippen LogP contribution < -0.4 is 10.6 Å². The van der Waals surface area contributed by atoms with Crippen LogP contribution >= 0.6 is 11.6 Å². The Kier molecular flexibility index (Phi) is 7.88. The first kappa shape index (κ1) is 27.4. The molecule has 4 heterocycles. The first-order valence-corrected chi connectivity index (χ1v) is 13.2. The number of nitrogens with one attached hydrogen (secondary N) is 3. The van der Waals surface area contributed by atoms with E-state index in [-0.39, 0.29) is 29.1 Å². The zero-order valence-electron chi connectivity index (χ0n) is 21.9. The summed E-state index contributed by atoms with van der Waals surface area (Å²) in [5.74, 6) is -0.640. The Hall–Kier alpha value is -4.19. The molecule has 11 nitrogen and oxygen atoms in total. The molecule has 0 spiro atoms. The summed E-state index contributed by atoms with van der Waals surface area (Å²) < 4.78 is 24.8. The van der Waals surface area contributed by atoms with Gasteiger partial charge in [0.25, 0.3) is 0 Å². The van der Waals surface area contributed by atoms with Gasteiger partial charge in [-0.15, -0.1) is 0 Å². The van der Waals surface area contributed by atoms with E-state index in [1.807, 2.05) is 6.92 Å². The van der Waals surface area contributed by atoms with Crippen LogP contribution in [0.25, 0.3) is 11.3 Å². The molecule has 3 aromatic rings. The third-order valence-corrected chi connectivity index (χ3v) is 7.42. The third-order valence-electron chi connectivity index (χ3n) is 7.13. The molecule has 2 aliphatic rings. The molecule has 2 bridgehead atoms. The van der Waals surface area contributed by atoms with Crippen LogP contribution in [0, 0.1) is 11.7 Å². The van der Waals surface area contributed by atoms with Gasteiger partial charge in [-0.3, -0.25) is 20.0 Å². The number of aromatic amines is 1. The quantitative estimate of drug-likeness (QED) is 0.360. The minimum absolute atomic E-state index is 0.00280. The molecule has 1 aromatic carbocycles. The van der Waals surface area contributed by atoms with Crippen molar-refractivity contribution in [2.75, 3.05) is 24.3 Å². The van der Waals surface area contributed by atoms with Crippen molar-refractivity contribution in [2.45, 2.75) is 44.8 Å². The lowest BCUT2D eigenvalue weighted by Crippen LogP contribution is -2.42. The maximum Gasteiger partial charge on any atom is 0.411 e. The van der Waals surface area contributed by atoms with Crippen molar-refractivity contribution in [3.63, 3.8) is 0 Å². The molecule has 0 radical (unpaired) electrons.